The number of aromatic nitrogens is 3. The van der Waals surface area contributed by atoms with E-state index in [2.05, 4.69) is 14.8 Å². The summed E-state index contributed by atoms with van der Waals surface area (Å²) < 4.78 is 2.16. The summed E-state index contributed by atoms with van der Waals surface area (Å²) in [4.78, 5) is 28.0. The number of nitrogens with zero attached hydrogens (tertiary/aromatic N) is 4. The highest BCUT2D eigenvalue weighted by Gasteiger charge is 2.38. The maximum atomic E-state index is 13.0. The number of hydrogen-bond acceptors (Lipinski definition) is 3. The number of likely N-dealkylation sites (tertiary alicyclic amines) is 1. The van der Waals surface area contributed by atoms with E-state index < -0.39 is 0 Å². The van der Waals surface area contributed by atoms with Gasteiger partial charge < -0.3 is 14.4 Å². The minimum Gasteiger partial charge on any atom is -0.341 e. The van der Waals surface area contributed by atoms with E-state index in [1.165, 1.54) is 6.92 Å². The van der Waals surface area contributed by atoms with E-state index >= 15 is 0 Å². The SMILES string of the molecule is CC(=O)N1CC(C(=O)N2CCn3c(c(-c4cn[nH]c4)c4ccc(Cl)c(Cl)c43)C2)C1. The number of amides is 2. The zero-order chi connectivity index (χ0) is 20.3. The number of hydrogen-bond donors (Lipinski definition) is 1. The zero-order valence-electron chi connectivity index (χ0n) is 15.8. The van der Waals surface area contributed by atoms with Gasteiger partial charge in [0, 0.05) is 61.5 Å². The van der Waals surface area contributed by atoms with Crippen LogP contribution in [0.4, 0.5) is 0 Å². The van der Waals surface area contributed by atoms with Crippen LogP contribution in [-0.4, -0.2) is 56.0 Å². The normalized spacial score (nSPS) is 16.8. The highest BCUT2D eigenvalue weighted by atomic mass is 35.5. The Morgan fingerprint density at radius 3 is 2.66 bits per heavy atom. The van der Waals surface area contributed by atoms with Crippen LogP contribution in [0.1, 0.15) is 12.6 Å². The fraction of sp³-hybridized carbons (Fsp3) is 0.350. The second-order valence-electron chi connectivity index (χ2n) is 7.60. The lowest BCUT2D eigenvalue weighted by molar-refractivity contribution is -0.148. The number of H-pyrrole nitrogens is 1. The summed E-state index contributed by atoms with van der Waals surface area (Å²) in [6, 6.07) is 3.77. The molecule has 2 aliphatic rings. The molecule has 0 spiro atoms. The van der Waals surface area contributed by atoms with Crippen molar-refractivity contribution in [1.82, 2.24) is 24.6 Å². The molecule has 150 valence electrons. The smallest absolute Gasteiger partial charge is 0.229 e. The Bertz CT molecular complexity index is 1130. The van der Waals surface area contributed by atoms with Crippen LogP contribution in [0.15, 0.2) is 24.5 Å². The Morgan fingerprint density at radius 2 is 1.97 bits per heavy atom. The number of carbonyl (C=O) groups excluding carboxylic acids is 2. The number of benzene rings is 1. The Kier molecular flexibility index (Phi) is 4.33. The maximum absolute atomic E-state index is 13.0. The van der Waals surface area contributed by atoms with Crippen LogP contribution in [-0.2, 0) is 22.7 Å². The maximum Gasteiger partial charge on any atom is 0.229 e. The van der Waals surface area contributed by atoms with Crippen LogP contribution >= 0.6 is 23.2 Å². The number of aromatic amines is 1. The summed E-state index contributed by atoms with van der Waals surface area (Å²) in [6.45, 7) is 4.26. The van der Waals surface area contributed by atoms with Gasteiger partial charge in [-0.25, -0.2) is 0 Å². The molecule has 0 unspecified atom stereocenters. The molecule has 5 rings (SSSR count). The number of halogens is 2. The van der Waals surface area contributed by atoms with Crippen LogP contribution < -0.4 is 0 Å². The summed E-state index contributed by atoms with van der Waals surface area (Å²) in [5, 5.41) is 8.99. The van der Waals surface area contributed by atoms with Gasteiger partial charge >= 0.3 is 0 Å². The lowest BCUT2D eigenvalue weighted by Gasteiger charge is -2.41. The molecule has 1 N–H and O–H groups in total. The predicted molar refractivity (Wildman–Crippen MR) is 111 cm³/mol. The van der Waals surface area contributed by atoms with E-state index in [1.807, 2.05) is 17.2 Å². The van der Waals surface area contributed by atoms with Crippen molar-refractivity contribution in [2.45, 2.75) is 20.0 Å². The van der Waals surface area contributed by atoms with Gasteiger partial charge in [0.05, 0.1) is 34.2 Å². The summed E-state index contributed by atoms with van der Waals surface area (Å²) in [6.07, 6.45) is 3.62. The van der Waals surface area contributed by atoms with Crippen LogP contribution in [0.2, 0.25) is 10.0 Å². The molecule has 1 aromatic carbocycles. The average Bonchev–Trinajstić information content (AvgIpc) is 3.28. The standard InChI is InChI=1S/C20H19Cl2N5O2/c1-11(28)26-8-13(9-26)20(29)25-4-5-27-16(10-25)17(12-6-23-24-7-12)14-2-3-15(21)18(22)19(14)27/h2-3,6-7,13H,4-5,8-10H2,1H3,(H,23,24). The van der Waals surface area contributed by atoms with E-state index in [9.17, 15) is 9.59 Å². The molecule has 9 heteroatoms. The van der Waals surface area contributed by atoms with Crippen molar-refractivity contribution in [2.75, 3.05) is 19.6 Å². The molecule has 2 amide bonds. The molecule has 29 heavy (non-hydrogen) atoms. The first-order valence-corrected chi connectivity index (χ1v) is 10.2. The van der Waals surface area contributed by atoms with E-state index in [0.29, 0.717) is 42.8 Å². The van der Waals surface area contributed by atoms with Crippen LogP contribution in [0.5, 0.6) is 0 Å². The third kappa shape index (κ3) is 2.83. The highest BCUT2D eigenvalue weighted by molar-refractivity contribution is 6.45. The molecule has 0 aliphatic carbocycles. The number of rotatable bonds is 2. The van der Waals surface area contributed by atoms with Crippen molar-refractivity contribution < 1.29 is 9.59 Å². The molecular formula is C20H19Cl2N5O2. The summed E-state index contributed by atoms with van der Waals surface area (Å²) >= 11 is 12.9. The molecule has 2 aliphatic heterocycles. The van der Waals surface area contributed by atoms with Gasteiger partial charge in [0.1, 0.15) is 0 Å². The molecule has 3 aromatic rings. The number of nitrogens with one attached hydrogen (secondary N) is 1. The van der Waals surface area contributed by atoms with Crippen LogP contribution in [0, 0.1) is 5.92 Å². The molecule has 0 radical (unpaired) electrons. The lowest BCUT2D eigenvalue weighted by atomic mass is 9.97. The van der Waals surface area contributed by atoms with Gasteiger partial charge in [-0.1, -0.05) is 29.3 Å². The van der Waals surface area contributed by atoms with Crippen molar-refractivity contribution in [3.05, 3.63) is 40.3 Å². The Hall–Kier alpha value is -2.51. The fourth-order valence-electron chi connectivity index (χ4n) is 4.37. The van der Waals surface area contributed by atoms with Crippen molar-refractivity contribution in [2.24, 2.45) is 5.92 Å². The second-order valence-corrected chi connectivity index (χ2v) is 8.38. The van der Waals surface area contributed by atoms with Gasteiger partial charge in [-0.2, -0.15) is 5.10 Å². The third-order valence-electron chi connectivity index (χ3n) is 5.93. The van der Waals surface area contributed by atoms with Crippen molar-refractivity contribution >= 4 is 45.9 Å². The summed E-state index contributed by atoms with van der Waals surface area (Å²) in [5.74, 6) is -0.00639. The Labute approximate surface area is 177 Å². The molecule has 0 saturated carbocycles. The predicted octanol–water partition coefficient (Wildman–Crippen LogP) is 3.16. The molecule has 0 bridgehead atoms. The molecule has 2 aromatic heterocycles. The largest absolute Gasteiger partial charge is 0.341 e. The molecule has 1 saturated heterocycles. The molecule has 1 fully saturated rings. The Balaban J connectivity index is 1.54. The number of fused-ring (bicyclic) bond motifs is 3. The molecule has 7 nitrogen and oxygen atoms in total. The second kappa shape index (κ2) is 6.78. The van der Waals surface area contributed by atoms with Gasteiger partial charge in [0.15, 0.2) is 0 Å². The van der Waals surface area contributed by atoms with Crippen molar-refractivity contribution in [3.8, 4) is 11.1 Å². The molecule has 4 heterocycles. The lowest BCUT2D eigenvalue weighted by Crippen LogP contribution is -2.56. The fourth-order valence-corrected chi connectivity index (χ4v) is 4.79. The minimum atomic E-state index is -0.120. The first-order chi connectivity index (χ1) is 14.0. The third-order valence-corrected chi connectivity index (χ3v) is 6.73. The summed E-state index contributed by atoms with van der Waals surface area (Å²) in [7, 11) is 0. The van der Waals surface area contributed by atoms with Crippen molar-refractivity contribution in [3.63, 3.8) is 0 Å². The average molecular weight is 432 g/mol. The minimum absolute atomic E-state index is 0.0154. The topological polar surface area (TPSA) is 74.2 Å². The van der Waals surface area contributed by atoms with E-state index in [4.69, 9.17) is 23.2 Å². The first kappa shape index (κ1) is 18.5. The van der Waals surface area contributed by atoms with Crippen LogP contribution in [0.25, 0.3) is 22.0 Å². The van der Waals surface area contributed by atoms with Gasteiger partial charge in [-0.3, -0.25) is 14.7 Å². The van der Waals surface area contributed by atoms with Crippen LogP contribution in [0.3, 0.4) is 0 Å². The van der Waals surface area contributed by atoms with E-state index in [-0.39, 0.29) is 17.7 Å². The first-order valence-electron chi connectivity index (χ1n) is 9.48. The van der Waals surface area contributed by atoms with E-state index in [1.54, 1.807) is 17.2 Å². The number of carbonyl (C=O) groups is 2. The van der Waals surface area contributed by atoms with Gasteiger partial charge in [0.25, 0.3) is 0 Å². The van der Waals surface area contributed by atoms with Crippen molar-refractivity contribution in [1.29, 1.82) is 0 Å². The van der Waals surface area contributed by atoms with Gasteiger partial charge in [-0.15, -0.1) is 0 Å². The van der Waals surface area contributed by atoms with E-state index in [0.717, 1.165) is 27.7 Å². The molecule has 0 atom stereocenters. The zero-order valence-corrected chi connectivity index (χ0v) is 17.3. The quantitative estimate of drug-likeness (QED) is 0.676. The van der Waals surface area contributed by atoms with Gasteiger partial charge in [-0.05, 0) is 6.07 Å². The Morgan fingerprint density at radius 1 is 1.17 bits per heavy atom. The summed E-state index contributed by atoms with van der Waals surface area (Å²) in [5.41, 5.74) is 3.88. The monoisotopic (exact) mass is 431 g/mol. The highest BCUT2D eigenvalue weighted by Crippen LogP contribution is 2.42. The molecular weight excluding hydrogens is 413 g/mol. The van der Waals surface area contributed by atoms with Gasteiger partial charge in [0.2, 0.25) is 11.8 Å².